The maximum atomic E-state index is 12.1. The second-order valence-electron chi connectivity index (χ2n) is 4.43. The first-order valence-corrected chi connectivity index (χ1v) is 8.35. The molecule has 12 heteroatoms. The molecule has 6 nitrogen and oxygen atoms in total. The van der Waals surface area contributed by atoms with Crippen LogP contribution in [-0.4, -0.2) is 29.6 Å². The molecule has 2 amide bonds. The Kier molecular flexibility index (Phi) is 6.25. The zero-order valence-electron chi connectivity index (χ0n) is 12.0. The largest absolute Gasteiger partial charge is 0.467 e. The molecule has 0 atom stereocenters. The Bertz CT molecular complexity index is 800. The molecule has 0 aliphatic rings. The molecule has 2 rings (SSSR count). The Labute approximate surface area is 156 Å². The number of amides is 2. The molecule has 2 heterocycles. The standard InChI is InChI=1S/C13H8BrClF3N3O3S/c14-9-2-1-8(25-9)11(23)21-20-10(22)6-3-7(15)12(19-4-6)24-5-13(16,17)18/h1-4H,5H2,(H,20,22)(H,21,23). The number of nitrogens with one attached hydrogen (secondary N) is 2. The number of carbonyl (C=O) groups is 2. The summed E-state index contributed by atoms with van der Waals surface area (Å²) in [7, 11) is 0. The van der Waals surface area contributed by atoms with Gasteiger partial charge in [0, 0.05) is 6.20 Å². The number of nitrogens with zero attached hydrogens (tertiary/aromatic N) is 1. The van der Waals surface area contributed by atoms with Crippen LogP contribution < -0.4 is 15.6 Å². The lowest BCUT2D eigenvalue weighted by Crippen LogP contribution is -2.41. The van der Waals surface area contributed by atoms with Gasteiger partial charge in [-0.1, -0.05) is 11.6 Å². The van der Waals surface area contributed by atoms with Crippen molar-refractivity contribution in [3.05, 3.63) is 43.6 Å². The van der Waals surface area contributed by atoms with Crippen molar-refractivity contribution < 1.29 is 27.5 Å². The number of pyridine rings is 1. The predicted octanol–water partition coefficient (Wildman–Crippen LogP) is 3.57. The molecule has 0 aromatic carbocycles. The van der Waals surface area contributed by atoms with Crippen molar-refractivity contribution in [1.29, 1.82) is 0 Å². The van der Waals surface area contributed by atoms with Gasteiger partial charge in [0.05, 0.1) is 14.2 Å². The zero-order valence-corrected chi connectivity index (χ0v) is 15.1. The van der Waals surface area contributed by atoms with E-state index < -0.39 is 30.5 Å². The van der Waals surface area contributed by atoms with E-state index in [9.17, 15) is 22.8 Å². The maximum absolute atomic E-state index is 12.1. The zero-order chi connectivity index (χ0) is 18.6. The lowest BCUT2D eigenvalue weighted by molar-refractivity contribution is -0.154. The van der Waals surface area contributed by atoms with Gasteiger partial charge in [0.1, 0.15) is 5.02 Å². The number of rotatable bonds is 4. The molecule has 0 saturated heterocycles. The van der Waals surface area contributed by atoms with Crippen LogP contribution in [0.15, 0.2) is 28.2 Å². The van der Waals surface area contributed by atoms with E-state index in [1.807, 2.05) is 0 Å². The van der Waals surface area contributed by atoms with Gasteiger partial charge in [-0.15, -0.1) is 11.3 Å². The Morgan fingerprint density at radius 2 is 1.96 bits per heavy atom. The molecule has 0 fully saturated rings. The minimum atomic E-state index is -4.54. The minimum Gasteiger partial charge on any atom is -0.467 e. The summed E-state index contributed by atoms with van der Waals surface area (Å²) >= 11 is 10.1. The van der Waals surface area contributed by atoms with Gasteiger partial charge in [-0.2, -0.15) is 13.2 Å². The molecule has 134 valence electrons. The van der Waals surface area contributed by atoms with Crippen molar-refractivity contribution >= 4 is 50.7 Å². The molecule has 0 aliphatic heterocycles. The van der Waals surface area contributed by atoms with Gasteiger partial charge in [-0.05, 0) is 34.1 Å². The highest BCUT2D eigenvalue weighted by Gasteiger charge is 2.29. The van der Waals surface area contributed by atoms with Gasteiger partial charge in [-0.25, -0.2) is 4.98 Å². The second kappa shape index (κ2) is 8.02. The van der Waals surface area contributed by atoms with Crippen LogP contribution in [0.2, 0.25) is 5.02 Å². The van der Waals surface area contributed by atoms with Crippen LogP contribution >= 0.6 is 38.9 Å². The van der Waals surface area contributed by atoms with Crippen LogP contribution in [0.25, 0.3) is 0 Å². The average Bonchev–Trinajstić information content (AvgIpc) is 2.96. The van der Waals surface area contributed by atoms with Crippen LogP contribution in [0.3, 0.4) is 0 Å². The quantitative estimate of drug-likeness (QED) is 0.687. The van der Waals surface area contributed by atoms with Gasteiger partial charge in [0.2, 0.25) is 5.88 Å². The molecule has 2 aromatic rings. The first-order valence-electron chi connectivity index (χ1n) is 6.37. The van der Waals surface area contributed by atoms with Gasteiger partial charge in [0.25, 0.3) is 11.8 Å². The highest BCUT2D eigenvalue weighted by atomic mass is 79.9. The van der Waals surface area contributed by atoms with E-state index in [0.717, 1.165) is 16.0 Å². The van der Waals surface area contributed by atoms with Gasteiger partial charge < -0.3 is 4.74 Å². The van der Waals surface area contributed by atoms with E-state index >= 15 is 0 Å². The number of ether oxygens (including phenoxy) is 1. The SMILES string of the molecule is O=C(NNC(=O)c1ccc(Br)s1)c1cnc(OCC(F)(F)F)c(Cl)c1. The number of alkyl halides is 3. The number of halogens is 5. The minimum absolute atomic E-state index is 0.0722. The molecule has 0 saturated carbocycles. The third kappa shape index (κ3) is 5.87. The number of thiophene rings is 1. The van der Waals surface area contributed by atoms with Gasteiger partial charge in [0.15, 0.2) is 6.61 Å². The second-order valence-corrected chi connectivity index (χ2v) is 7.30. The van der Waals surface area contributed by atoms with Crippen molar-refractivity contribution in [1.82, 2.24) is 15.8 Å². The number of hydrogen-bond acceptors (Lipinski definition) is 5. The van der Waals surface area contributed by atoms with Crippen LogP contribution in [0, 0.1) is 0 Å². The summed E-state index contributed by atoms with van der Waals surface area (Å²) < 4.78 is 41.5. The van der Waals surface area contributed by atoms with Gasteiger partial charge >= 0.3 is 6.18 Å². The average molecular weight is 459 g/mol. The highest BCUT2D eigenvalue weighted by molar-refractivity contribution is 9.11. The lowest BCUT2D eigenvalue weighted by atomic mass is 10.3. The molecule has 0 unspecified atom stereocenters. The predicted molar refractivity (Wildman–Crippen MR) is 87.7 cm³/mol. The van der Waals surface area contributed by atoms with E-state index in [-0.39, 0.29) is 10.6 Å². The van der Waals surface area contributed by atoms with E-state index in [2.05, 4.69) is 36.5 Å². The smallest absolute Gasteiger partial charge is 0.422 e. The van der Waals surface area contributed by atoms with E-state index in [4.69, 9.17) is 11.6 Å². The molecule has 0 spiro atoms. The Hall–Kier alpha value is -1.85. The van der Waals surface area contributed by atoms with Crippen LogP contribution in [-0.2, 0) is 0 Å². The topological polar surface area (TPSA) is 80.3 Å². The van der Waals surface area contributed by atoms with Crippen molar-refractivity contribution in [3.63, 3.8) is 0 Å². The summed E-state index contributed by atoms with van der Waals surface area (Å²) in [5.74, 6) is -1.74. The molecule has 0 radical (unpaired) electrons. The van der Waals surface area contributed by atoms with Crippen molar-refractivity contribution in [2.75, 3.05) is 6.61 Å². The van der Waals surface area contributed by atoms with Crippen LogP contribution in [0.4, 0.5) is 13.2 Å². The number of hydrazine groups is 1. The third-order valence-electron chi connectivity index (χ3n) is 2.53. The first-order chi connectivity index (χ1) is 11.7. The normalized spacial score (nSPS) is 11.1. The lowest BCUT2D eigenvalue weighted by Gasteiger charge is -2.10. The Balaban J connectivity index is 1.95. The highest BCUT2D eigenvalue weighted by Crippen LogP contribution is 2.25. The Morgan fingerprint density at radius 3 is 2.52 bits per heavy atom. The maximum Gasteiger partial charge on any atom is 0.422 e. The van der Waals surface area contributed by atoms with Gasteiger partial charge in [-0.3, -0.25) is 20.4 Å². The molecular formula is C13H8BrClF3N3O3S. The van der Waals surface area contributed by atoms with Crippen LogP contribution in [0.5, 0.6) is 5.88 Å². The number of carbonyl (C=O) groups excluding carboxylic acids is 2. The fourth-order valence-electron chi connectivity index (χ4n) is 1.49. The Morgan fingerprint density at radius 1 is 1.28 bits per heavy atom. The molecule has 25 heavy (non-hydrogen) atoms. The molecular weight excluding hydrogens is 451 g/mol. The third-order valence-corrected chi connectivity index (χ3v) is 4.42. The fraction of sp³-hybridized carbons (Fsp3) is 0.154. The van der Waals surface area contributed by atoms with E-state index in [0.29, 0.717) is 4.88 Å². The van der Waals surface area contributed by atoms with Crippen molar-refractivity contribution in [2.45, 2.75) is 6.18 Å². The summed E-state index contributed by atoms with van der Waals surface area (Å²) in [5.41, 5.74) is 4.26. The summed E-state index contributed by atoms with van der Waals surface area (Å²) in [4.78, 5) is 27.6. The monoisotopic (exact) mass is 457 g/mol. The van der Waals surface area contributed by atoms with E-state index in [1.165, 1.54) is 11.3 Å². The molecule has 2 N–H and O–H groups in total. The van der Waals surface area contributed by atoms with Crippen molar-refractivity contribution in [3.8, 4) is 5.88 Å². The fourth-order valence-corrected chi connectivity index (χ4v) is 2.99. The summed E-state index contributed by atoms with van der Waals surface area (Å²) in [6, 6.07) is 4.30. The molecule has 2 aromatic heterocycles. The number of aromatic nitrogens is 1. The van der Waals surface area contributed by atoms with E-state index in [1.54, 1.807) is 12.1 Å². The molecule has 0 bridgehead atoms. The van der Waals surface area contributed by atoms with Crippen LogP contribution in [0.1, 0.15) is 20.0 Å². The van der Waals surface area contributed by atoms with Crippen molar-refractivity contribution in [2.24, 2.45) is 0 Å². The molecule has 0 aliphatic carbocycles. The summed E-state index contributed by atoms with van der Waals surface area (Å²) in [5, 5.41) is -0.273. The summed E-state index contributed by atoms with van der Waals surface area (Å²) in [6.45, 7) is -1.56. The summed E-state index contributed by atoms with van der Waals surface area (Å²) in [6.07, 6.45) is -3.57. The number of hydrogen-bond donors (Lipinski definition) is 2. The first kappa shape index (κ1) is 19.5.